The van der Waals surface area contributed by atoms with E-state index in [1.165, 1.54) is 17.0 Å². The smallest absolute Gasteiger partial charge is 0.416 e. The van der Waals surface area contributed by atoms with Crippen molar-refractivity contribution >= 4 is 23.2 Å². The number of fused-ring (bicyclic) bond motifs is 1. The van der Waals surface area contributed by atoms with E-state index < -0.39 is 23.6 Å². The molecule has 1 atom stereocenters. The highest BCUT2D eigenvalue weighted by molar-refractivity contribution is 6.03. The highest BCUT2D eigenvalue weighted by atomic mass is 19.4. The summed E-state index contributed by atoms with van der Waals surface area (Å²) in [6.45, 7) is 0.117. The second-order valence-corrected chi connectivity index (χ2v) is 6.51. The first-order valence-corrected chi connectivity index (χ1v) is 8.49. The van der Waals surface area contributed by atoms with Gasteiger partial charge in [0.25, 0.3) is 0 Å². The van der Waals surface area contributed by atoms with Crippen LogP contribution in [0.5, 0.6) is 11.5 Å². The van der Waals surface area contributed by atoms with Crippen LogP contribution in [0.4, 0.5) is 24.5 Å². The van der Waals surface area contributed by atoms with Gasteiger partial charge < -0.3 is 19.7 Å². The van der Waals surface area contributed by atoms with Gasteiger partial charge in [0.2, 0.25) is 18.6 Å². The average molecular weight is 392 g/mol. The van der Waals surface area contributed by atoms with Crippen LogP contribution in [0.2, 0.25) is 0 Å². The number of anilines is 2. The van der Waals surface area contributed by atoms with E-state index in [2.05, 4.69) is 5.32 Å². The Labute approximate surface area is 157 Å². The van der Waals surface area contributed by atoms with Crippen LogP contribution in [0, 0.1) is 5.92 Å². The van der Waals surface area contributed by atoms with Crippen molar-refractivity contribution in [1.82, 2.24) is 0 Å². The van der Waals surface area contributed by atoms with E-state index in [9.17, 15) is 22.8 Å². The van der Waals surface area contributed by atoms with Gasteiger partial charge in [-0.2, -0.15) is 13.2 Å². The van der Waals surface area contributed by atoms with E-state index in [0.29, 0.717) is 17.2 Å². The summed E-state index contributed by atoms with van der Waals surface area (Å²) in [5.74, 6) is -0.380. The molecule has 9 heteroatoms. The summed E-state index contributed by atoms with van der Waals surface area (Å²) in [5.41, 5.74) is -0.233. The summed E-state index contributed by atoms with van der Waals surface area (Å²) < 4.78 is 49.2. The number of hydrogen-bond acceptors (Lipinski definition) is 4. The number of nitrogens with one attached hydrogen (secondary N) is 1. The van der Waals surface area contributed by atoms with Crippen molar-refractivity contribution in [3.05, 3.63) is 48.0 Å². The standard InChI is InChI=1S/C19H15F3N2O4/c20-19(21,22)12-2-1-3-14(7-12)24-9-11(6-17(24)25)18(26)23-13-4-5-15-16(8-13)28-10-27-15/h1-5,7-8,11H,6,9-10H2,(H,23,26)/t11-/m1/s1. The molecular weight excluding hydrogens is 377 g/mol. The third-order valence-electron chi connectivity index (χ3n) is 4.62. The molecule has 0 aromatic heterocycles. The first-order chi connectivity index (χ1) is 13.3. The molecule has 6 nitrogen and oxygen atoms in total. The van der Waals surface area contributed by atoms with Crippen molar-refractivity contribution in [2.75, 3.05) is 23.6 Å². The lowest BCUT2D eigenvalue weighted by Gasteiger charge is -2.18. The molecule has 1 saturated heterocycles. The number of nitrogens with zero attached hydrogens (tertiary/aromatic N) is 1. The van der Waals surface area contributed by atoms with Crippen molar-refractivity contribution in [2.45, 2.75) is 12.6 Å². The van der Waals surface area contributed by atoms with Crippen molar-refractivity contribution in [1.29, 1.82) is 0 Å². The van der Waals surface area contributed by atoms with Crippen LogP contribution < -0.4 is 19.7 Å². The summed E-state index contributed by atoms with van der Waals surface area (Å²) in [6.07, 6.45) is -4.58. The van der Waals surface area contributed by atoms with Gasteiger partial charge in [0.05, 0.1) is 11.5 Å². The number of benzene rings is 2. The van der Waals surface area contributed by atoms with Crippen molar-refractivity contribution < 1.29 is 32.2 Å². The largest absolute Gasteiger partial charge is 0.454 e. The normalized spacial score (nSPS) is 18.5. The van der Waals surface area contributed by atoms with Gasteiger partial charge >= 0.3 is 6.18 Å². The molecule has 2 aromatic rings. The third-order valence-corrected chi connectivity index (χ3v) is 4.62. The fourth-order valence-corrected chi connectivity index (χ4v) is 3.20. The highest BCUT2D eigenvalue weighted by Gasteiger charge is 2.37. The molecule has 2 heterocycles. The average Bonchev–Trinajstić information content (AvgIpc) is 3.27. The number of hydrogen-bond donors (Lipinski definition) is 1. The number of alkyl halides is 3. The van der Waals surface area contributed by atoms with E-state index >= 15 is 0 Å². The van der Waals surface area contributed by atoms with Gasteiger partial charge in [0, 0.05) is 30.4 Å². The number of carbonyl (C=O) groups excluding carboxylic acids is 2. The van der Waals surface area contributed by atoms with Gasteiger partial charge in [-0.1, -0.05) is 6.07 Å². The molecule has 2 aliphatic rings. The first kappa shape index (κ1) is 18.1. The molecule has 0 bridgehead atoms. The summed E-state index contributed by atoms with van der Waals surface area (Å²) in [6, 6.07) is 9.43. The molecule has 2 aromatic carbocycles. The number of halogens is 3. The van der Waals surface area contributed by atoms with Crippen LogP contribution in [0.1, 0.15) is 12.0 Å². The first-order valence-electron chi connectivity index (χ1n) is 8.49. The van der Waals surface area contributed by atoms with Gasteiger partial charge in [0.1, 0.15) is 0 Å². The van der Waals surface area contributed by atoms with Crippen LogP contribution >= 0.6 is 0 Å². The Balaban J connectivity index is 1.46. The Morgan fingerprint density at radius 1 is 1.11 bits per heavy atom. The molecule has 0 spiro atoms. The van der Waals surface area contributed by atoms with Crippen LogP contribution in [0.3, 0.4) is 0 Å². The summed E-state index contributed by atoms with van der Waals surface area (Å²) in [5, 5.41) is 2.71. The lowest BCUT2D eigenvalue weighted by Crippen LogP contribution is -2.28. The maximum Gasteiger partial charge on any atom is 0.416 e. The number of rotatable bonds is 3. The fraction of sp³-hybridized carbons (Fsp3) is 0.263. The van der Waals surface area contributed by atoms with E-state index in [0.717, 1.165) is 12.1 Å². The van der Waals surface area contributed by atoms with E-state index in [1.54, 1.807) is 18.2 Å². The van der Waals surface area contributed by atoms with Crippen LogP contribution in [-0.2, 0) is 15.8 Å². The van der Waals surface area contributed by atoms with Crippen molar-refractivity contribution in [3.63, 3.8) is 0 Å². The molecular formula is C19H15F3N2O4. The number of amides is 2. The van der Waals surface area contributed by atoms with Gasteiger partial charge in [-0.25, -0.2) is 0 Å². The van der Waals surface area contributed by atoms with Crippen molar-refractivity contribution in [2.24, 2.45) is 5.92 Å². The molecule has 2 amide bonds. The summed E-state index contributed by atoms with van der Waals surface area (Å²) >= 11 is 0. The lowest BCUT2D eigenvalue weighted by molar-refractivity contribution is -0.137. The quantitative estimate of drug-likeness (QED) is 0.869. The van der Waals surface area contributed by atoms with E-state index in [-0.39, 0.29) is 31.4 Å². The molecule has 0 unspecified atom stereocenters. The molecule has 146 valence electrons. The molecule has 1 fully saturated rings. The minimum atomic E-state index is -4.51. The lowest BCUT2D eigenvalue weighted by atomic mass is 10.1. The Hall–Kier alpha value is -3.23. The molecule has 4 rings (SSSR count). The molecule has 0 aliphatic carbocycles. The van der Waals surface area contributed by atoms with E-state index in [1.807, 2.05) is 0 Å². The second-order valence-electron chi connectivity index (χ2n) is 6.51. The van der Waals surface area contributed by atoms with Gasteiger partial charge in [0.15, 0.2) is 11.5 Å². The highest BCUT2D eigenvalue weighted by Crippen LogP contribution is 2.35. The fourth-order valence-electron chi connectivity index (χ4n) is 3.20. The minimum absolute atomic E-state index is 0.0104. The molecule has 0 saturated carbocycles. The van der Waals surface area contributed by atoms with Gasteiger partial charge in [-0.3, -0.25) is 9.59 Å². The molecule has 0 radical (unpaired) electrons. The van der Waals surface area contributed by atoms with Gasteiger partial charge in [-0.15, -0.1) is 0 Å². The molecule has 2 aliphatic heterocycles. The third kappa shape index (κ3) is 3.47. The minimum Gasteiger partial charge on any atom is -0.454 e. The Kier molecular flexibility index (Phi) is 4.37. The summed E-state index contributed by atoms with van der Waals surface area (Å²) in [7, 11) is 0. The number of ether oxygens (including phenoxy) is 2. The Morgan fingerprint density at radius 2 is 1.89 bits per heavy atom. The maximum atomic E-state index is 12.9. The number of carbonyl (C=O) groups is 2. The van der Waals surface area contributed by atoms with E-state index in [4.69, 9.17) is 9.47 Å². The SMILES string of the molecule is O=C(Nc1ccc2c(c1)OCO2)[C@@H]1CC(=O)N(c2cccc(C(F)(F)F)c2)C1. The topological polar surface area (TPSA) is 67.9 Å². The predicted octanol–water partition coefficient (Wildman–Crippen LogP) is 3.43. The zero-order valence-corrected chi connectivity index (χ0v) is 14.5. The van der Waals surface area contributed by atoms with Crippen molar-refractivity contribution in [3.8, 4) is 11.5 Å². The Bertz CT molecular complexity index is 945. The van der Waals surface area contributed by atoms with Crippen LogP contribution in [0.25, 0.3) is 0 Å². The van der Waals surface area contributed by atoms with Gasteiger partial charge in [-0.05, 0) is 30.3 Å². The molecule has 28 heavy (non-hydrogen) atoms. The summed E-state index contributed by atoms with van der Waals surface area (Å²) in [4.78, 5) is 26.0. The second kappa shape index (κ2) is 6.74. The maximum absolute atomic E-state index is 12.9. The Morgan fingerprint density at radius 3 is 2.68 bits per heavy atom. The molecule has 1 N–H and O–H groups in total. The zero-order valence-electron chi connectivity index (χ0n) is 14.5. The zero-order chi connectivity index (χ0) is 19.9. The van der Waals surface area contributed by atoms with Crippen LogP contribution in [-0.4, -0.2) is 25.2 Å². The predicted molar refractivity (Wildman–Crippen MR) is 93.1 cm³/mol. The monoisotopic (exact) mass is 392 g/mol. The van der Waals surface area contributed by atoms with Crippen LogP contribution in [0.15, 0.2) is 42.5 Å².